The zero-order valence-corrected chi connectivity index (χ0v) is 11.2. The molecule has 2 nitrogen and oxygen atoms in total. The summed E-state index contributed by atoms with van der Waals surface area (Å²) < 4.78 is 2.01. The van der Waals surface area contributed by atoms with Gasteiger partial charge in [0.15, 0.2) is 0 Å². The van der Waals surface area contributed by atoms with Gasteiger partial charge in [0.1, 0.15) is 5.15 Å². The minimum absolute atomic E-state index is 0.467. The van der Waals surface area contributed by atoms with E-state index >= 15 is 0 Å². The molecular weight excluding hydrogens is 243 g/mol. The lowest BCUT2D eigenvalue weighted by molar-refractivity contribution is 0.328. The lowest BCUT2D eigenvalue weighted by Gasteiger charge is -2.22. The number of halogens is 2. The predicted octanol–water partition coefficient (Wildman–Crippen LogP) is 4.34. The van der Waals surface area contributed by atoms with Crippen molar-refractivity contribution < 1.29 is 0 Å². The quantitative estimate of drug-likeness (QED) is 0.740. The summed E-state index contributed by atoms with van der Waals surface area (Å²) in [5.41, 5.74) is 2.09. The summed E-state index contributed by atoms with van der Waals surface area (Å²) in [6, 6.07) is 0.489. The first-order chi connectivity index (χ1) is 7.77. The first-order valence-electron chi connectivity index (χ1n) is 6.09. The van der Waals surface area contributed by atoms with Gasteiger partial charge in [0, 0.05) is 5.56 Å². The van der Waals surface area contributed by atoms with Crippen molar-refractivity contribution in [1.82, 2.24) is 9.78 Å². The summed E-state index contributed by atoms with van der Waals surface area (Å²) in [6.07, 6.45) is 7.23. The van der Waals surface area contributed by atoms with Crippen LogP contribution in [0.2, 0.25) is 5.15 Å². The molecule has 16 heavy (non-hydrogen) atoms. The highest BCUT2D eigenvalue weighted by Gasteiger charge is 2.22. The normalized spacial score (nSPS) is 17.9. The van der Waals surface area contributed by atoms with Crippen molar-refractivity contribution in [1.29, 1.82) is 0 Å². The Morgan fingerprint density at radius 2 is 2.00 bits per heavy atom. The van der Waals surface area contributed by atoms with E-state index < -0.39 is 0 Å². The van der Waals surface area contributed by atoms with Crippen LogP contribution in [0.5, 0.6) is 0 Å². The van der Waals surface area contributed by atoms with E-state index in [4.69, 9.17) is 23.2 Å². The zero-order valence-electron chi connectivity index (χ0n) is 9.68. The fraction of sp³-hybridized carbons (Fsp3) is 0.750. The third-order valence-electron chi connectivity index (χ3n) is 3.42. The Kier molecular flexibility index (Phi) is 4.15. The number of rotatable bonds is 3. The summed E-state index contributed by atoms with van der Waals surface area (Å²) in [5.74, 6) is 0.467. The smallest absolute Gasteiger partial charge is 0.132 e. The minimum atomic E-state index is 0.467. The van der Waals surface area contributed by atoms with E-state index in [1.54, 1.807) is 0 Å². The van der Waals surface area contributed by atoms with E-state index in [0.29, 0.717) is 11.9 Å². The summed E-state index contributed by atoms with van der Waals surface area (Å²) in [6.45, 7) is 2.10. The monoisotopic (exact) mass is 260 g/mol. The van der Waals surface area contributed by atoms with Crippen LogP contribution in [0, 0.1) is 0 Å². The zero-order chi connectivity index (χ0) is 11.5. The molecule has 0 aliphatic heterocycles. The summed E-state index contributed by atoms with van der Waals surface area (Å²) >= 11 is 12.3. The SMILES string of the molecule is CCc1nn(C2CCCCC2)c(Cl)c1CCl. The van der Waals surface area contributed by atoms with Crippen molar-refractivity contribution in [3.8, 4) is 0 Å². The standard InChI is InChI=1S/C12H18Cl2N2/c1-2-11-10(8-13)12(14)16(15-11)9-6-4-3-5-7-9/h9H,2-8H2,1H3. The molecule has 1 aromatic heterocycles. The molecule has 1 fully saturated rings. The number of hydrogen-bond acceptors (Lipinski definition) is 1. The van der Waals surface area contributed by atoms with Crippen molar-refractivity contribution in [3.63, 3.8) is 0 Å². The lowest BCUT2D eigenvalue weighted by Crippen LogP contribution is -2.14. The molecule has 1 heterocycles. The molecule has 4 heteroatoms. The Balaban J connectivity index is 2.29. The Labute approximate surface area is 107 Å². The van der Waals surface area contributed by atoms with Gasteiger partial charge in [-0.25, -0.2) is 0 Å². The topological polar surface area (TPSA) is 17.8 Å². The second-order valence-corrected chi connectivity index (χ2v) is 5.06. The molecule has 90 valence electrons. The van der Waals surface area contributed by atoms with Crippen molar-refractivity contribution in [2.45, 2.75) is 57.4 Å². The number of nitrogens with zero attached hydrogens (tertiary/aromatic N) is 2. The van der Waals surface area contributed by atoms with E-state index in [1.165, 1.54) is 32.1 Å². The third kappa shape index (κ3) is 2.23. The highest BCUT2D eigenvalue weighted by atomic mass is 35.5. The van der Waals surface area contributed by atoms with E-state index in [9.17, 15) is 0 Å². The molecule has 1 aliphatic carbocycles. The van der Waals surface area contributed by atoms with Gasteiger partial charge < -0.3 is 0 Å². The van der Waals surface area contributed by atoms with Gasteiger partial charge in [-0.15, -0.1) is 11.6 Å². The van der Waals surface area contributed by atoms with Crippen LogP contribution in [0.3, 0.4) is 0 Å². The van der Waals surface area contributed by atoms with E-state index in [0.717, 1.165) is 22.8 Å². The number of aryl methyl sites for hydroxylation is 1. The third-order valence-corrected chi connectivity index (χ3v) is 4.08. The van der Waals surface area contributed by atoms with Crippen LogP contribution in [0.15, 0.2) is 0 Å². The van der Waals surface area contributed by atoms with Crippen molar-refractivity contribution in [2.75, 3.05) is 0 Å². The summed E-state index contributed by atoms with van der Waals surface area (Å²) in [5, 5.41) is 5.39. The number of alkyl halides is 1. The first-order valence-corrected chi connectivity index (χ1v) is 7.00. The van der Waals surface area contributed by atoms with Gasteiger partial charge in [-0.05, 0) is 19.3 Å². The van der Waals surface area contributed by atoms with Crippen LogP contribution in [0.4, 0.5) is 0 Å². The number of aromatic nitrogens is 2. The second-order valence-electron chi connectivity index (χ2n) is 4.44. The molecule has 0 saturated heterocycles. The first kappa shape index (κ1) is 12.3. The molecule has 1 aromatic rings. The van der Waals surface area contributed by atoms with Gasteiger partial charge >= 0.3 is 0 Å². The van der Waals surface area contributed by atoms with Gasteiger partial charge in [0.25, 0.3) is 0 Å². The molecule has 1 aliphatic rings. The molecule has 0 amide bonds. The fourth-order valence-corrected chi connectivity index (χ4v) is 3.18. The maximum absolute atomic E-state index is 6.36. The molecule has 2 rings (SSSR count). The molecule has 0 bridgehead atoms. The van der Waals surface area contributed by atoms with Gasteiger partial charge in [-0.3, -0.25) is 4.68 Å². The molecule has 0 unspecified atom stereocenters. The molecular formula is C12H18Cl2N2. The second kappa shape index (κ2) is 5.42. The van der Waals surface area contributed by atoms with Gasteiger partial charge in [0.05, 0.1) is 17.6 Å². The van der Waals surface area contributed by atoms with Crippen molar-refractivity contribution in [3.05, 3.63) is 16.4 Å². The summed E-state index contributed by atoms with van der Waals surface area (Å²) in [7, 11) is 0. The van der Waals surface area contributed by atoms with E-state index in [1.807, 2.05) is 4.68 Å². The maximum atomic E-state index is 6.36. The van der Waals surface area contributed by atoms with Crippen molar-refractivity contribution in [2.24, 2.45) is 0 Å². The largest absolute Gasteiger partial charge is 0.250 e. The van der Waals surface area contributed by atoms with Crippen LogP contribution in [-0.4, -0.2) is 9.78 Å². The van der Waals surface area contributed by atoms with Crippen LogP contribution < -0.4 is 0 Å². The van der Waals surface area contributed by atoms with Crippen LogP contribution in [0.25, 0.3) is 0 Å². The molecule has 0 spiro atoms. The average molecular weight is 261 g/mol. The van der Waals surface area contributed by atoms with E-state index in [2.05, 4.69) is 12.0 Å². The predicted molar refractivity (Wildman–Crippen MR) is 68.3 cm³/mol. The molecule has 1 saturated carbocycles. The Hall–Kier alpha value is -0.210. The van der Waals surface area contributed by atoms with Gasteiger partial charge in [0.2, 0.25) is 0 Å². The Morgan fingerprint density at radius 1 is 1.31 bits per heavy atom. The fourth-order valence-electron chi connectivity index (χ4n) is 2.48. The Bertz CT molecular complexity index is 354. The van der Waals surface area contributed by atoms with Crippen molar-refractivity contribution >= 4 is 23.2 Å². The summed E-state index contributed by atoms with van der Waals surface area (Å²) in [4.78, 5) is 0. The maximum Gasteiger partial charge on any atom is 0.132 e. The van der Waals surface area contributed by atoms with Crippen LogP contribution >= 0.6 is 23.2 Å². The van der Waals surface area contributed by atoms with Crippen LogP contribution in [0.1, 0.15) is 56.3 Å². The number of hydrogen-bond donors (Lipinski definition) is 0. The molecule has 0 N–H and O–H groups in total. The molecule has 0 radical (unpaired) electrons. The average Bonchev–Trinajstić information content (AvgIpc) is 2.66. The minimum Gasteiger partial charge on any atom is -0.250 e. The molecule has 0 atom stereocenters. The molecule has 0 aromatic carbocycles. The van der Waals surface area contributed by atoms with Gasteiger partial charge in [-0.1, -0.05) is 37.8 Å². The van der Waals surface area contributed by atoms with Gasteiger partial charge in [-0.2, -0.15) is 5.10 Å². The van der Waals surface area contributed by atoms with E-state index in [-0.39, 0.29) is 0 Å². The Morgan fingerprint density at radius 3 is 2.50 bits per heavy atom. The highest BCUT2D eigenvalue weighted by Crippen LogP contribution is 2.33. The highest BCUT2D eigenvalue weighted by molar-refractivity contribution is 6.31. The van der Waals surface area contributed by atoms with Crippen LogP contribution in [-0.2, 0) is 12.3 Å². The lowest BCUT2D eigenvalue weighted by atomic mass is 9.96.